The molecule has 1 aliphatic rings. The van der Waals surface area contributed by atoms with Crippen molar-refractivity contribution in [3.63, 3.8) is 0 Å². The summed E-state index contributed by atoms with van der Waals surface area (Å²) in [5.41, 5.74) is 1.79. The predicted molar refractivity (Wildman–Crippen MR) is 89.1 cm³/mol. The van der Waals surface area contributed by atoms with Gasteiger partial charge in [0.15, 0.2) is 0 Å². The van der Waals surface area contributed by atoms with Crippen LogP contribution in [0.15, 0.2) is 29.1 Å². The van der Waals surface area contributed by atoms with Gasteiger partial charge in [0.05, 0.1) is 18.1 Å². The monoisotopic (exact) mass is 298 g/mol. The molecule has 22 heavy (non-hydrogen) atoms. The number of methoxy groups -OCH3 is 1. The molecule has 116 valence electrons. The average Bonchev–Trinajstić information content (AvgIpc) is 3.34. The molecule has 1 fully saturated rings. The maximum Gasteiger partial charge on any atom is 0.274 e. The predicted octanol–water partition coefficient (Wildman–Crippen LogP) is 3.92. The number of hydrogen-bond donors (Lipinski definition) is 1. The minimum absolute atomic E-state index is 0.157. The lowest BCUT2D eigenvalue weighted by Crippen LogP contribution is -2.11. The summed E-state index contributed by atoms with van der Waals surface area (Å²) >= 11 is 0. The van der Waals surface area contributed by atoms with E-state index in [2.05, 4.69) is 16.0 Å². The fraction of sp³-hybridized carbons (Fsp3) is 0.444. The molecule has 4 heteroatoms. The Morgan fingerprint density at radius 3 is 3.00 bits per heavy atom. The number of allylic oxidation sites excluding steroid dienone is 1. The Balaban J connectivity index is 1.64. The van der Waals surface area contributed by atoms with E-state index >= 15 is 0 Å². The largest absolute Gasteiger partial charge is 0.497 e. The molecule has 0 atom stereocenters. The maximum absolute atomic E-state index is 12.0. The van der Waals surface area contributed by atoms with Gasteiger partial charge in [-0.05, 0) is 37.0 Å². The van der Waals surface area contributed by atoms with Crippen LogP contribution in [-0.2, 0) is 0 Å². The number of nitrogens with one attached hydrogen (secondary N) is 1. The number of benzene rings is 1. The van der Waals surface area contributed by atoms with Crippen molar-refractivity contribution < 1.29 is 4.74 Å². The molecule has 1 aliphatic carbocycles. The highest BCUT2D eigenvalue weighted by atomic mass is 16.5. The SMILES string of the molecule is COc1ccc2nc(/C=C/CCCCC3CC3)c(=O)[nH]c2c1. The highest BCUT2D eigenvalue weighted by Gasteiger charge is 2.19. The van der Waals surface area contributed by atoms with E-state index in [4.69, 9.17) is 4.74 Å². The van der Waals surface area contributed by atoms with Crippen LogP contribution in [-0.4, -0.2) is 17.1 Å². The van der Waals surface area contributed by atoms with Crippen molar-refractivity contribution in [3.8, 4) is 5.75 Å². The first-order valence-corrected chi connectivity index (χ1v) is 8.01. The zero-order valence-corrected chi connectivity index (χ0v) is 13.0. The van der Waals surface area contributed by atoms with Crippen LogP contribution in [0.1, 0.15) is 44.2 Å². The molecule has 0 spiro atoms. The Morgan fingerprint density at radius 2 is 2.23 bits per heavy atom. The highest BCUT2D eigenvalue weighted by molar-refractivity contribution is 5.76. The molecule has 0 bridgehead atoms. The molecule has 0 amide bonds. The lowest BCUT2D eigenvalue weighted by Gasteiger charge is -2.02. The van der Waals surface area contributed by atoms with Crippen molar-refractivity contribution in [1.29, 1.82) is 0 Å². The Morgan fingerprint density at radius 1 is 1.36 bits per heavy atom. The molecule has 0 unspecified atom stereocenters. The van der Waals surface area contributed by atoms with Gasteiger partial charge in [-0.2, -0.15) is 0 Å². The van der Waals surface area contributed by atoms with Crippen molar-refractivity contribution in [2.24, 2.45) is 5.92 Å². The standard InChI is InChI=1S/C18H22N2O2/c1-22-14-10-11-15-17(12-14)20-18(21)16(19-15)7-5-3-2-4-6-13-8-9-13/h5,7,10-13H,2-4,6,8-9H2,1H3,(H,20,21)/b7-5+. The molecule has 1 heterocycles. The zero-order valence-electron chi connectivity index (χ0n) is 13.0. The third-order valence-corrected chi connectivity index (χ3v) is 4.13. The van der Waals surface area contributed by atoms with Gasteiger partial charge < -0.3 is 9.72 Å². The van der Waals surface area contributed by atoms with Crippen LogP contribution in [0.3, 0.4) is 0 Å². The topological polar surface area (TPSA) is 55.0 Å². The number of nitrogens with zero attached hydrogens (tertiary/aromatic N) is 1. The Hall–Kier alpha value is -2.10. The Bertz CT molecular complexity index is 729. The zero-order chi connectivity index (χ0) is 15.4. The highest BCUT2D eigenvalue weighted by Crippen LogP contribution is 2.34. The fourth-order valence-electron chi connectivity index (χ4n) is 2.62. The smallest absolute Gasteiger partial charge is 0.274 e. The lowest BCUT2D eigenvalue weighted by atomic mass is 10.1. The number of H-pyrrole nitrogens is 1. The molecule has 1 saturated carbocycles. The number of aromatic nitrogens is 2. The van der Waals surface area contributed by atoms with Gasteiger partial charge in [-0.25, -0.2) is 4.98 Å². The summed E-state index contributed by atoms with van der Waals surface area (Å²) in [7, 11) is 1.60. The van der Waals surface area contributed by atoms with Crippen LogP contribution in [0.5, 0.6) is 5.75 Å². The second kappa shape index (κ2) is 6.77. The van der Waals surface area contributed by atoms with E-state index in [1.165, 1.54) is 32.1 Å². The molecule has 3 rings (SSSR count). The van der Waals surface area contributed by atoms with E-state index in [-0.39, 0.29) is 5.56 Å². The first-order chi connectivity index (χ1) is 10.8. The van der Waals surface area contributed by atoms with Crippen molar-refractivity contribution in [2.45, 2.75) is 38.5 Å². The molecule has 1 N–H and O–H groups in total. The Kier molecular flexibility index (Phi) is 4.56. The number of ether oxygens (including phenoxy) is 1. The van der Waals surface area contributed by atoms with Gasteiger partial charge in [0.1, 0.15) is 11.4 Å². The van der Waals surface area contributed by atoms with Gasteiger partial charge >= 0.3 is 0 Å². The Labute approximate surface area is 130 Å². The van der Waals surface area contributed by atoms with Crippen molar-refractivity contribution in [1.82, 2.24) is 9.97 Å². The van der Waals surface area contributed by atoms with E-state index in [1.807, 2.05) is 18.2 Å². The normalized spacial score (nSPS) is 14.8. The van der Waals surface area contributed by atoms with E-state index in [1.54, 1.807) is 13.2 Å². The van der Waals surface area contributed by atoms with Gasteiger partial charge in [0.2, 0.25) is 0 Å². The minimum Gasteiger partial charge on any atom is -0.497 e. The third-order valence-electron chi connectivity index (χ3n) is 4.13. The van der Waals surface area contributed by atoms with Crippen molar-refractivity contribution >= 4 is 17.1 Å². The van der Waals surface area contributed by atoms with E-state index in [0.717, 1.165) is 17.9 Å². The number of hydrogen-bond acceptors (Lipinski definition) is 3. The second-order valence-electron chi connectivity index (χ2n) is 5.96. The quantitative estimate of drug-likeness (QED) is 0.788. The fourth-order valence-corrected chi connectivity index (χ4v) is 2.62. The van der Waals surface area contributed by atoms with Crippen molar-refractivity contribution in [3.05, 3.63) is 40.3 Å². The van der Waals surface area contributed by atoms with Gasteiger partial charge in [-0.3, -0.25) is 4.79 Å². The molecule has 0 aliphatic heterocycles. The third kappa shape index (κ3) is 3.75. The summed E-state index contributed by atoms with van der Waals surface area (Å²) in [4.78, 5) is 19.3. The first kappa shape index (κ1) is 14.8. The van der Waals surface area contributed by atoms with Crippen LogP contribution in [0.2, 0.25) is 0 Å². The number of fused-ring (bicyclic) bond motifs is 1. The molecular weight excluding hydrogens is 276 g/mol. The molecular formula is C18H22N2O2. The summed E-state index contributed by atoms with van der Waals surface area (Å²) in [6.07, 6.45) is 11.6. The summed E-state index contributed by atoms with van der Waals surface area (Å²) in [6.45, 7) is 0. The van der Waals surface area contributed by atoms with Crippen LogP contribution >= 0.6 is 0 Å². The summed E-state index contributed by atoms with van der Waals surface area (Å²) in [5, 5.41) is 0. The molecule has 2 aromatic rings. The summed E-state index contributed by atoms with van der Waals surface area (Å²) in [5.74, 6) is 1.72. The molecule has 4 nitrogen and oxygen atoms in total. The van der Waals surface area contributed by atoms with E-state index in [9.17, 15) is 4.79 Å². The second-order valence-corrected chi connectivity index (χ2v) is 5.96. The van der Waals surface area contributed by atoms with E-state index in [0.29, 0.717) is 17.0 Å². The van der Waals surface area contributed by atoms with Gasteiger partial charge in [-0.1, -0.05) is 31.8 Å². The minimum atomic E-state index is -0.157. The van der Waals surface area contributed by atoms with Crippen LogP contribution in [0.25, 0.3) is 17.1 Å². The number of rotatable bonds is 7. The molecule has 1 aromatic heterocycles. The van der Waals surface area contributed by atoms with Crippen molar-refractivity contribution in [2.75, 3.05) is 7.11 Å². The maximum atomic E-state index is 12.0. The van der Waals surface area contributed by atoms with Gasteiger partial charge in [-0.15, -0.1) is 0 Å². The first-order valence-electron chi connectivity index (χ1n) is 8.01. The average molecular weight is 298 g/mol. The van der Waals surface area contributed by atoms with Crippen LogP contribution in [0, 0.1) is 5.92 Å². The summed E-state index contributed by atoms with van der Waals surface area (Å²) in [6, 6.07) is 5.49. The molecule has 0 radical (unpaired) electrons. The summed E-state index contributed by atoms with van der Waals surface area (Å²) < 4.78 is 5.15. The number of unbranched alkanes of at least 4 members (excludes halogenated alkanes) is 2. The van der Waals surface area contributed by atoms with Crippen LogP contribution < -0.4 is 10.3 Å². The molecule has 0 saturated heterocycles. The van der Waals surface area contributed by atoms with Gasteiger partial charge in [0, 0.05) is 6.07 Å². The van der Waals surface area contributed by atoms with Crippen LogP contribution in [0.4, 0.5) is 0 Å². The van der Waals surface area contributed by atoms with E-state index < -0.39 is 0 Å². The van der Waals surface area contributed by atoms with Gasteiger partial charge in [0.25, 0.3) is 5.56 Å². The lowest BCUT2D eigenvalue weighted by molar-refractivity contribution is 0.415. The molecule has 1 aromatic carbocycles. The number of aromatic amines is 1.